The predicted molar refractivity (Wildman–Crippen MR) is 86.8 cm³/mol. The maximum absolute atomic E-state index is 12.2. The Hall–Kier alpha value is -3.02. The lowest BCUT2D eigenvalue weighted by atomic mass is 10.1. The van der Waals surface area contributed by atoms with Crippen LogP contribution in [0.3, 0.4) is 0 Å². The first-order valence-electron chi connectivity index (χ1n) is 6.97. The number of primary amides is 1. The van der Waals surface area contributed by atoms with Crippen molar-refractivity contribution in [2.75, 3.05) is 19.0 Å². The second-order valence-corrected chi connectivity index (χ2v) is 4.92. The number of methoxy groups -OCH3 is 1. The van der Waals surface area contributed by atoms with Gasteiger partial charge in [-0.3, -0.25) is 9.59 Å². The molecule has 0 bridgehead atoms. The van der Waals surface area contributed by atoms with Crippen LogP contribution >= 0.6 is 0 Å². The van der Waals surface area contributed by atoms with E-state index < -0.39 is 5.91 Å². The number of hydrogen-bond donors (Lipinski definition) is 2. The van der Waals surface area contributed by atoms with Crippen molar-refractivity contribution < 1.29 is 19.1 Å². The summed E-state index contributed by atoms with van der Waals surface area (Å²) in [6.45, 7) is 1.70. The van der Waals surface area contributed by atoms with E-state index >= 15 is 0 Å². The second kappa shape index (κ2) is 7.31. The van der Waals surface area contributed by atoms with Crippen molar-refractivity contribution in [1.29, 1.82) is 0 Å². The molecule has 2 aromatic rings. The van der Waals surface area contributed by atoms with Crippen LogP contribution in [0.15, 0.2) is 42.5 Å². The monoisotopic (exact) mass is 314 g/mol. The number of anilines is 1. The zero-order valence-corrected chi connectivity index (χ0v) is 13.0. The number of ether oxygens (including phenoxy) is 2. The van der Waals surface area contributed by atoms with Gasteiger partial charge in [0.05, 0.1) is 7.11 Å². The van der Waals surface area contributed by atoms with Gasteiger partial charge in [-0.1, -0.05) is 0 Å². The van der Waals surface area contributed by atoms with Crippen LogP contribution in [0.1, 0.15) is 15.9 Å². The SMILES string of the molecule is COc1ccc(NC(=O)c2ccc(OCC(N)=O)cc2)cc1C. The standard InChI is InChI=1S/C17H18N2O4/c1-11-9-13(5-8-15(11)22-2)19-17(21)12-3-6-14(7-4-12)23-10-16(18)20/h3-9H,10H2,1-2H3,(H2,18,20)(H,19,21). The van der Waals surface area contributed by atoms with Crippen LogP contribution in [0, 0.1) is 6.92 Å². The van der Waals surface area contributed by atoms with E-state index in [1.54, 1.807) is 43.5 Å². The zero-order valence-electron chi connectivity index (χ0n) is 13.0. The molecule has 0 fully saturated rings. The van der Waals surface area contributed by atoms with E-state index in [1.165, 1.54) is 0 Å². The number of aryl methyl sites for hydroxylation is 1. The predicted octanol–water partition coefficient (Wildman–Crippen LogP) is 2.12. The van der Waals surface area contributed by atoms with Crippen LogP contribution in [0.5, 0.6) is 11.5 Å². The van der Waals surface area contributed by atoms with Gasteiger partial charge in [-0.15, -0.1) is 0 Å². The summed E-state index contributed by atoms with van der Waals surface area (Å²) in [7, 11) is 1.60. The fourth-order valence-electron chi connectivity index (χ4n) is 2.02. The fourth-order valence-corrected chi connectivity index (χ4v) is 2.02. The highest BCUT2D eigenvalue weighted by Crippen LogP contribution is 2.22. The number of nitrogens with two attached hydrogens (primary N) is 1. The normalized spacial score (nSPS) is 10.0. The quantitative estimate of drug-likeness (QED) is 0.854. The van der Waals surface area contributed by atoms with Crippen LogP contribution in [-0.2, 0) is 4.79 Å². The summed E-state index contributed by atoms with van der Waals surface area (Å²) in [4.78, 5) is 22.8. The molecule has 0 saturated heterocycles. The molecule has 0 aliphatic rings. The minimum absolute atomic E-state index is 0.198. The van der Waals surface area contributed by atoms with E-state index in [0.717, 1.165) is 11.3 Å². The Morgan fingerprint density at radius 3 is 2.39 bits per heavy atom. The molecule has 0 aliphatic heterocycles. The summed E-state index contributed by atoms with van der Waals surface area (Å²) in [6.07, 6.45) is 0. The molecular formula is C17H18N2O4. The molecule has 23 heavy (non-hydrogen) atoms. The number of rotatable bonds is 6. The van der Waals surface area contributed by atoms with Gasteiger partial charge in [-0.05, 0) is 55.0 Å². The molecule has 2 rings (SSSR count). The first kappa shape index (κ1) is 16.4. The minimum Gasteiger partial charge on any atom is -0.496 e. The molecular weight excluding hydrogens is 296 g/mol. The summed E-state index contributed by atoms with van der Waals surface area (Å²) >= 11 is 0. The highest BCUT2D eigenvalue weighted by Gasteiger charge is 2.08. The number of nitrogens with one attached hydrogen (secondary N) is 1. The molecule has 0 atom stereocenters. The van der Waals surface area contributed by atoms with Gasteiger partial charge in [0.15, 0.2) is 6.61 Å². The average Bonchev–Trinajstić information content (AvgIpc) is 2.53. The summed E-state index contributed by atoms with van der Waals surface area (Å²) in [5, 5.41) is 2.81. The van der Waals surface area contributed by atoms with Crippen molar-refractivity contribution in [3.05, 3.63) is 53.6 Å². The summed E-state index contributed by atoms with van der Waals surface area (Å²) in [5.74, 6) is 0.442. The van der Waals surface area contributed by atoms with Crippen LogP contribution in [0.4, 0.5) is 5.69 Å². The van der Waals surface area contributed by atoms with Gasteiger partial charge >= 0.3 is 0 Å². The molecule has 0 heterocycles. The Bertz CT molecular complexity index is 711. The van der Waals surface area contributed by atoms with Crippen LogP contribution in [0.2, 0.25) is 0 Å². The second-order valence-electron chi connectivity index (χ2n) is 4.92. The third-order valence-electron chi connectivity index (χ3n) is 3.15. The lowest BCUT2D eigenvalue weighted by Gasteiger charge is -2.09. The van der Waals surface area contributed by atoms with Crippen LogP contribution < -0.4 is 20.5 Å². The third kappa shape index (κ3) is 4.47. The molecule has 0 aliphatic carbocycles. The largest absolute Gasteiger partial charge is 0.496 e. The Morgan fingerprint density at radius 2 is 1.83 bits per heavy atom. The Labute approximate surface area is 134 Å². The summed E-state index contributed by atoms with van der Waals surface area (Å²) in [6, 6.07) is 11.8. The molecule has 3 N–H and O–H groups in total. The minimum atomic E-state index is -0.554. The van der Waals surface area contributed by atoms with Gasteiger partial charge < -0.3 is 20.5 Å². The molecule has 0 aromatic heterocycles. The van der Waals surface area contributed by atoms with E-state index in [4.69, 9.17) is 15.2 Å². The van der Waals surface area contributed by atoms with Crippen molar-refractivity contribution in [3.63, 3.8) is 0 Å². The van der Waals surface area contributed by atoms with E-state index in [-0.39, 0.29) is 12.5 Å². The number of hydrogen-bond acceptors (Lipinski definition) is 4. The lowest BCUT2D eigenvalue weighted by Crippen LogP contribution is -2.20. The molecule has 0 saturated carbocycles. The van der Waals surface area contributed by atoms with Gasteiger partial charge in [0.1, 0.15) is 11.5 Å². The van der Waals surface area contributed by atoms with Gasteiger partial charge in [0, 0.05) is 11.3 Å². The van der Waals surface area contributed by atoms with Crippen LogP contribution in [-0.4, -0.2) is 25.5 Å². The first-order chi connectivity index (χ1) is 11.0. The molecule has 0 unspecified atom stereocenters. The molecule has 0 radical (unpaired) electrons. The Balaban J connectivity index is 2.03. The smallest absolute Gasteiger partial charge is 0.255 e. The van der Waals surface area contributed by atoms with Gasteiger partial charge in [-0.2, -0.15) is 0 Å². The average molecular weight is 314 g/mol. The topological polar surface area (TPSA) is 90.7 Å². The summed E-state index contributed by atoms with van der Waals surface area (Å²) in [5.41, 5.74) is 7.09. The molecule has 0 spiro atoms. The molecule has 2 amide bonds. The highest BCUT2D eigenvalue weighted by atomic mass is 16.5. The molecule has 120 valence electrons. The number of carbonyl (C=O) groups excluding carboxylic acids is 2. The molecule has 6 nitrogen and oxygen atoms in total. The number of carbonyl (C=O) groups is 2. The third-order valence-corrected chi connectivity index (χ3v) is 3.15. The fraction of sp³-hybridized carbons (Fsp3) is 0.176. The van der Waals surface area contributed by atoms with E-state index in [2.05, 4.69) is 5.32 Å². The van der Waals surface area contributed by atoms with Gasteiger partial charge in [0.2, 0.25) is 0 Å². The van der Waals surface area contributed by atoms with Crippen molar-refractivity contribution in [3.8, 4) is 11.5 Å². The van der Waals surface area contributed by atoms with Gasteiger partial charge in [-0.25, -0.2) is 0 Å². The van der Waals surface area contributed by atoms with E-state index in [1.807, 2.05) is 13.0 Å². The molecule has 6 heteroatoms. The van der Waals surface area contributed by atoms with Crippen molar-refractivity contribution in [2.45, 2.75) is 6.92 Å². The summed E-state index contributed by atoms with van der Waals surface area (Å²) < 4.78 is 10.3. The van der Waals surface area contributed by atoms with Crippen molar-refractivity contribution in [1.82, 2.24) is 0 Å². The first-order valence-corrected chi connectivity index (χ1v) is 6.97. The maximum Gasteiger partial charge on any atom is 0.255 e. The molecule has 2 aromatic carbocycles. The van der Waals surface area contributed by atoms with Crippen molar-refractivity contribution >= 4 is 17.5 Å². The Kier molecular flexibility index (Phi) is 5.19. The zero-order chi connectivity index (χ0) is 16.8. The van der Waals surface area contributed by atoms with Gasteiger partial charge in [0.25, 0.3) is 11.8 Å². The highest BCUT2D eigenvalue weighted by molar-refractivity contribution is 6.04. The maximum atomic E-state index is 12.2. The lowest BCUT2D eigenvalue weighted by molar-refractivity contribution is -0.119. The Morgan fingerprint density at radius 1 is 1.13 bits per heavy atom. The van der Waals surface area contributed by atoms with E-state index in [0.29, 0.717) is 17.0 Å². The van der Waals surface area contributed by atoms with Crippen molar-refractivity contribution in [2.24, 2.45) is 5.73 Å². The number of benzene rings is 2. The van der Waals surface area contributed by atoms with E-state index in [9.17, 15) is 9.59 Å². The number of amides is 2. The van der Waals surface area contributed by atoms with Crippen LogP contribution in [0.25, 0.3) is 0 Å².